The van der Waals surface area contributed by atoms with Gasteiger partial charge in [-0.1, -0.05) is 0 Å². The average molecular weight is 392 g/mol. The van der Waals surface area contributed by atoms with Crippen molar-refractivity contribution >= 4 is 18.0 Å². The third kappa shape index (κ3) is 4.93. The van der Waals surface area contributed by atoms with E-state index < -0.39 is 24.0 Å². The van der Waals surface area contributed by atoms with E-state index in [4.69, 9.17) is 18.9 Å². The molecule has 1 aromatic carbocycles. The van der Waals surface area contributed by atoms with Crippen molar-refractivity contribution in [1.82, 2.24) is 10.6 Å². The van der Waals surface area contributed by atoms with Crippen LogP contribution in [0.5, 0.6) is 11.5 Å². The van der Waals surface area contributed by atoms with Gasteiger partial charge in [-0.05, 0) is 39.0 Å². The largest absolute Gasteiger partial charge is 0.493 e. The quantitative estimate of drug-likeness (QED) is 0.649. The minimum atomic E-state index is -0.639. The lowest BCUT2D eigenvalue weighted by Crippen LogP contribution is -2.50. The Morgan fingerprint density at radius 1 is 1.07 bits per heavy atom. The van der Waals surface area contributed by atoms with E-state index >= 15 is 0 Å². The molecule has 0 spiro atoms. The van der Waals surface area contributed by atoms with Crippen LogP contribution in [0.25, 0.3) is 0 Å². The first kappa shape index (κ1) is 21.1. The van der Waals surface area contributed by atoms with Crippen molar-refractivity contribution in [1.29, 1.82) is 0 Å². The highest BCUT2D eigenvalue weighted by molar-refractivity contribution is 5.95. The molecule has 0 fully saturated rings. The van der Waals surface area contributed by atoms with Crippen molar-refractivity contribution in [3.05, 3.63) is 35.0 Å². The summed E-state index contributed by atoms with van der Waals surface area (Å²) in [6.07, 6.45) is 0. The fraction of sp³-hybridized carbons (Fsp3) is 0.421. The molecule has 0 bridgehead atoms. The van der Waals surface area contributed by atoms with Crippen molar-refractivity contribution in [3.8, 4) is 11.5 Å². The number of benzene rings is 1. The van der Waals surface area contributed by atoms with Crippen molar-refractivity contribution in [2.45, 2.75) is 26.8 Å². The lowest BCUT2D eigenvalue weighted by atomic mass is 10.0. The van der Waals surface area contributed by atoms with Crippen LogP contribution in [-0.4, -0.2) is 50.9 Å². The van der Waals surface area contributed by atoms with E-state index in [1.807, 2.05) is 6.92 Å². The smallest absolute Gasteiger partial charge is 0.338 e. The van der Waals surface area contributed by atoms with Gasteiger partial charge in [-0.2, -0.15) is 0 Å². The molecule has 0 unspecified atom stereocenters. The fourth-order valence-electron chi connectivity index (χ4n) is 2.69. The molecule has 2 N–H and O–H groups in total. The summed E-state index contributed by atoms with van der Waals surface area (Å²) < 4.78 is 20.9. The molecule has 1 aliphatic heterocycles. The van der Waals surface area contributed by atoms with Gasteiger partial charge in [-0.3, -0.25) is 0 Å². The Morgan fingerprint density at radius 3 is 2.46 bits per heavy atom. The molecular formula is C19H24N2O7. The summed E-state index contributed by atoms with van der Waals surface area (Å²) in [5, 5.41) is 5.07. The summed E-state index contributed by atoms with van der Waals surface area (Å²) in [6, 6.07) is 3.57. The number of urea groups is 1. The van der Waals surface area contributed by atoms with Gasteiger partial charge in [0.15, 0.2) is 11.5 Å². The number of esters is 2. The van der Waals surface area contributed by atoms with Crippen molar-refractivity contribution in [3.63, 3.8) is 0 Å². The zero-order valence-corrected chi connectivity index (χ0v) is 16.3. The number of ether oxygens (including phenoxy) is 4. The second-order valence-electron chi connectivity index (χ2n) is 5.81. The molecule has 0 aliphatic carbocycles. The first-order valence-corrected chi connectivity index (χ1v) is 8.86. The zero-order chi connectivity index (χ0) is 20.7. The maximum absolute atomic E-state index is 12.4. The zero-order valence-electron chi connectivity index (χ0n) is 16.3. The highest BCUT2D eigenvalue weighted by atomic mass is 16.5. The van der Waals surface area contributed by atoms with Crippen molar-refractivity contribution in [2.24, 2.45) is 0 Å². The standard InChI is InChI=1S/C19H24N2O7/c1-5-26-15-9-12(7-8-14(15)25-4)17(22)28-10-13-16(18(23)27-6-2)11(3)20-19(24)21-13/h7-9,11H,5-6,10H2,1-4H3,(H2,20,21,24)/t11-/m1/s1. The van der Waals surface area contributed by atoms with Crippen LogP contribution < -0.4 is 20.1 Å². The maximum atomic E-state index is 12.4. The minimum Gasteiger partial charge on any atom is -0.493 e. The molecule has 9 nitrogen and oxygen atoms in total. The Morgan fingerprint density at radius 2 is 1.82 bits per heavy atom. The summed E-state index contributed by atoms with van der Waals surface area (Å²) in [4.78, 5) is 36.3. The van der Waals surface area contributed by atoms with E-state index in [0.717, 1.165) is 0 Å². The second-order valence-corrected chi connectivity index (χ2v) is 5.81. The minimum absolute atomic E-state index is 0.182. The van der Waals surface area contributed by atoms with E-state index in [9.17, 15) is 14.4 Å². The highest BCUT2D eigenvalue weighted by Crippen LogP contribution is 2.28. The molecule has 2 rings (SSSR count). The molecule has 1 atom stereocenters. The molecule has 1 heterocycles. The van der Waals surface area contributed by atoms with Gasteiger partial charge in [0.05, 0.1) is 43.2 Å². The Balaban J connectivity index is 2.19. The topological polar surface area (TPSA) is 112 Å². The molecule has 28 heavy (non-hydrogen) atoms. The lowest BCUT2D eigenvalue weighted by molar-refractivity contribution is -0.139. The third-order valence-electron chi connectivity index (χ3n) is 3.91. The van der Waals surface area contributed by atoms with Crippen LogP contribution in [0.2, 0.25) is 0 Å². The summed E-state index contributed by atoms with van der Waals surface area (Å²) >= 11 is 0. The van der Waals surface area contributed by atoms with Gasteiger partial charge >= 0.3 is 18.0 Å². The van der Waals surface area contributed by atoms with E-state index in [1.54, 1.807) is 19.9 Å². The predicted molar refractivity (Wildman–Crippen MR) is 99.2 cm³/mol. The normalized spacial score (nSPS) is 16.0. The molecule has 0 saturated carbocycles. The molecule has 1 aromatic rings. The molecule has 0 aromatic heterocycles. The monoisotopic (exact) mass is 392 g/mol. The molecular weight excluding hydrogens is 368 g/mol. The number of amides is 2. The molecule has 0 saturated heterocycles. The summed E-state index contributed by atoms with van der Waals surface area (Å²) in [5.41, 5.74) is 0.636. The van der Waals surface area contributed by atoms with Crippen LogP contribution in [0.4, 0.5) is 4.79 Å². The van der Waals surface area contributed by atoms with Crippen LogP contribution in [0.15, 0.2) is 29.5 Å². The lowest BCUT2D eigenvalue weighted by Gasteiger charge is -2.26. The summed E-state index contributed by atoms with van der Waals surface area (Å²) in [7, 11) is 1.50. The van der Waals surface area contributed by atoms with Gasteiger partial charge in [0.1, 0.15) is 6.61 Å². The number of rotatable bonds is 8. The van der Waals surface area contributed by atoms with Crippen LogP contribution >= 0.6 is 0 Å². The van der Waals surface area contributed by atoms with Gasteiger partial charge in [0.25, 0.3) is 0 Å². The summed E-state index contributed by atoms with van der Waals surface area (Å²) in [6.45, 7) is 5.43. The Labute approximate surface area is 163 Å². The number of methoxy groups -OCH3 is 1. The Hall–Kier alpha value is -3.23. The fourth-order valence-corrected chi connectivity index (χ4v) is 2.69. The number of carbonyl (C=O) groups is 3. The average Bonchev–Trinajstić information content (AvgIpc) is 2.65. The predicted octanol–water partition coefficient (Wildman–Crippen LogP) is 1.77. The van der Waals surface area contributed by atoms with Gasteiger partial charge in [0.2, 0.25) is 0 Å². The van der Waals surface area contributed by atoms with E-state index in [1.165, 1.54) is 19.2 Å². The van der Waals surface area contributed by atoms with Gasteiger partial charge in [-0.15, -0.1) is 0 Å². The Kier molecular flexibility index (Phi) is 7.25. The first-order valence-electron chi connectivity index (χ1n) is 8.86. The molecule has 1 aliphatic rings. The highest BCUT2D eigenvalue weighted by Gasteiger charge is 2.30. The van der Waals surface area contributed by atoms with Crippen molar-refractivity contribution in [2.75, 3.05) is 26.9 Å². The first-order chi connectivity index (χ1) is 13.4. The molecule has 9 heteroatoms. The van der Waals surface area contributed by atoms with Crippen LogP contribution in [0.3, 0.4) is 0 Å². The molecule has 2 amide bonds. The van der Waals surface area contributed by atoms with Gasteiger partial charge in [0, 0.05) is 0 Å². The van der Waals surface area contributed by atoms with Crippen molar-refractivity contribution < 1.29 is 33.3 Å². The third-order valence-corrected chi connectivity index (χ3v) is 3.91. The van der Waals surface area contributed by atoms with E-state index in [0.29, 0.717) is 18.1 Å². The number of carbonyl (C=O) groups excluding carboxylic acids is 3. The van der Waals surface area contributed by atoms with Crippen LogP contribution in [0, 0.1) is 0 Å². The summed E-state index contributed by atoms with van der Waals surface area (Å²) in [5.74, 6) is -0.323. The van der Waals surface area contributed by atoms with Gasteiger partial charge < -0.3 is 29.6 Å². The SMILES string of the molecule is CCOC(=O)C1=C(COC(=O)c2ccc(OC)c(OCC)c2)NC(=O)N[C@@H]1C. The number of hydrogen-bond acceptors (Lipinski definition) is 7. The second kappa shape index (κ2) is 9.63. The maximum Gasteiger partial charge on any atom is 0.338 e. The number of nitrogens with one attached hydrogen (secondary N) is 2. The van der Waals surface area contributed by atoms with Crippen LogP contribution in [-0.2, 0) is 14.3 Å². The molecule has 152 valence electrons. The van der Waals surface area contributed by atoms with E-state index in [-0.39, 0.29) is 30.0 Å². The van der Waals surface area contributed by atoms with Gasteiger partial charge in [-0.25, -0.2) is 14.4 Å². The number of hydrogen-bond donors (Lipinski definition) is 2. The van der Waals surface area contributed by atoms with Crippen LogP contribution in [0.1, 0.15) is 31.1 Å². The van der Waals surface area contributed by atoms with E-state index in [2.05, 4.69) is 10.6 Å². The Bertz CT molecular complexity index is 788. The molecule has 0 radical (unpaired) electrons.